The fourth-order valence-corrected chi connectivity index (χ4v) is 2.66. The van der Waals surface area contributed by atoms with Crippen molar-refractivity contribution < 1.29 is 14.5 Å². The van der Waals surface area contributed by atoms with Crippen molar-refractivity contribution in [2.24, 2.45) is 0 Å². The number of nitrogens with zero attached hydrogens (tertiary/aromatic N) is 1. The molecule has 0 saturated carbocycles. The maximum Gasteiger partial charge on any atom is 0.488 e. The molecule has 0 spiro atoms. The highest BCUT2D eigenvalue weighted by Gasteiger charge is 2.13. The van der Waals surface area contributed by atoms with Gasteiger partial charge in [-0.15, -0.1) is 0 Å². The summed E-state index contributed by atoms with van der Waals surface area (Å²) in [7, 11) is -1.48. The number of aromatic nitrogens is 1. The third-order valence-corrected chi connectivity index (χ3v) is 3.95. The molecule has 1 aromatic heterocycles. The molecular weight excluding hydrogens is 301 g/mol. The van der Waals surface area contributed by atoms with Crippen LogP contribution in [0.2, 0.25) is 0 Å². The molecule has 5 heteroatoms. The summed E-state index contributed by atoms with van der Waals surface area (Å²) in [5.74, 6) is 0.509. The summed E-state index contributed by atoms with van der Waals surface area (Å²) in [6.07, 6.45) is 0. The monoisotopic (exact) mass is 315 g/mol. The van der Waals surface area contributed by atoms with Crippen LogP contribution in [-0.2, 0) is 0 Å². The van der Waals surface area contributed by atoms with Gasteiger partial charge < -0.3 is 14.5 Å². The van der Waals surface area contributed by atoms with E-state index < -0.39 is 7.12 Å². The highest BCUT2D eigenvalue weighted by molar-refractivity contribution is 6.58. The molecule has 0 bridgehead atoms. The first-order valence-corrected chi connectivity index (χ1v) is 7.63. The van der Waals surface area contributed by atoms with Gasteiger partial charge in [-0.25, -0.2) is 4.98 Å². The summed E-state index contributed by atoms with van der Waals surface area (Å²) in [6.45, 7) is 0. The van der Waals surface area contributed by atoms with Gasteiger partial charge in [0.25, 0.3) is 0 Å². The van der Waals surface area contributed by atoms with Crippen LogP contribution < -0.4 is 5.46 Å². The van der Waals surface area contributed by atoms with Gasteiger partial charge in [-0.2, -0.15) is 0 Å². The lowest BCUT2D eigenvalue weighted by Gasteiger charge is -1.99. The molecule has 116 valence electrons. The van der Waals surface area contributed by atoms with Crippen molar-refractivity contribution in [2.75, 3.05) is 0 Å². The molecule has 4 rings (SSSR count). The Morgan fingerprint density at radius 3 is 2.17 bits per heavy atom. The fourth-order valence-electron chi connectivity index (χ4n) is 2.66. The third kappa shape index (κ3) is 2.71. The van der Waals surface area contributed by atoms with Crippen LogP contribution in [0.1, 0.15) is 0 Å². The number of fused-ring (bicyclic) bond motifs is 1. The number of benzene rings is 3. The predicted molar refractivity (Wildman–Crippen MR) is 94.7 cm³/mol. The van der Waals surface area contributed by atoms with E-state index >= 15 is 0 Å². The standard InChI is InChI=1S/C19H14BNO3/c22-20(23)16-9-6-14(7-10-16)19-21-17-12-15(8-11-18(17)24-19)13-4-2-1-3-5-13/h1-12,22-23H. The van der Waals surface area contributed by atoms with Crippen molar-refractivity contribution in [1.29, 1.82) is 0 Å². The first-order valence-electron chi connectivity index (χ1n) is 7.63. The minimum Gasteiger partial charge on any atom is -0.436 e. The third-order valence-electron chi connectivity index (χ3n) is 3.95. The molecule has 0 aliphatic heterocycles. The number of hydrogen-bond donors (Lipinski definition) is 2. The van der Waals surface area contributed by atoms with E-state index in [9.17, 15) is 0 Å². The van der Waals surface area contributed by atoms with Crippen LogP contribution in [0.15, 0.2) is 77.2 Å². The molecule has 2 N–H and O–H groups in total. The molecule has 4 aromatic rings. The quantitative estimate of drug-likeness (QED) is 0.571. The highest BCUT2D eigenvalue weighted by Crippen LogP contribution is 2.28. The smallest absolute Gasteiger partial charge is 0.436 e. The number of oxazole rings is 1. The minimum atomic E-state index is -1.48. The van der Waals surface area contributed by atoms with Crippen LogP contribution in [0.25, 0.3) is 33.7 Å². The zero-order chi connectivity index (χ0) is 16.5. The average molecular weight is 315 g/mol. The Bertz CT molecular complexity index is 979. The van der Waals surface area contributed by atoms with E-state index in [1.165, 1.54) is 0 Å². The lowest BCUT2D eigenvalue weighted by Crippen LogP contribution is -2.29. The largest absolute Gasteiger partial charge is 0.488 e. The maximum absolute atomic E-state index is 9.15. The molecule has 0 aliphatic carbocycles. The molecular formula is C19H14BNO3. The van der Waals surface area contributed by atoms with Gasteiger partial charge in [-0.1, -0.05) is 48.5 Å². The van der Waals surface area contributed by atoms with Crippen molar-refractivity contribution in [3.63, 3.8) is 0 Å². The van der Waals surface area contributed by atoms with Gasteiger partial charge in [0.15, 0.2) is 5.58 Å². The lowest BCUT2D eigenvalue weighted by atomic mass is 9.80. The number of rotatable bonds is 3. The zero-order valence-electron chi connectivity index (χ0n) is 12.8. The highest BCUT2D eigenvalue weighted by atomic mass is 16.4. The Labute approximate surface area is 139 Å². The molecule has 1 heterocycles. The van der Waals surface area contributed by atoms with Crippen molar-refractivity contribution >= 4 is 23.7 Å². The van der Waals surface area contributed by atoms with Gasteiger partial charge >= 0.3 is 7.12 Å². The van der Waals surface area contributed by atoms with Crippen molar-refractivity contribution in [1.82, 2.24) is 4.98 Å². The molecule has 0 fully saturated rings. The Hall–Kier alpha value is -2.89. The van der Waals surface area contributed by atoms with Gasteiger partial charge in [-0.3, -0.25) is 0 Å². The Kier molecular flexibility index (Phi) is 3.65. The van der Waals surface area contributed by atoms with Crippen LogP contribution in [0.3, 0.4) is 0 Å². The molecule has 0 saturated heterocycles. The second kappa shape index (κ2) is 5.96. The van der Waals surface area contributed by atoms with Crippen LogP contribution in [0.4, 0.5) is 0 Å². The van der Waals surface area contributed by atoms with E-state index in [0.29, 0.717) is 11.4 Å². The van der Waals surface area contributed by atoms with Crippen molar-refractivity contribution in [3.05, 3.63) is 72.8 Å². The predicted octanol–water partition coefficient (Wildman–Crippen LogP) is 2.84. The van der Waals surface area contributed by atoms with Gasteiger partial charge in [-0.05, 0) is 40.9 Å². The second-order valence-electron chi connectivity index (χ2n) is 5.56. The summed E-state index contributed by atoms with van der Waals surface area (Å²) >= 11 is 0. The van der Waals surface area contributed by atoms with Gasteiger partial charge in [0.05, 0.1) is 0 Å². The number of hydrogen-bond acceptors (Lipinski definition) is 4. The maximum atomic E-state index is 9.15. The zero-order valence-corrected chi connectivity index (χ0v) is 12.8. The minimum absolute atomic E-state index is 0.432. The summed E-state index contributed by atoms with van der Waals surface area (Å²) in [5, 5.41) is 18.3. The van der Waals surface area contributed by atoms with E-state index in [1.54, 1.807) is 24.3 Å². The normalized spacial score (nSPS) is 10.9. The topological polar surface area (TPSA) is 66.5 Å². The Balaban J connectivity index is 1.73. The second-order valence-corrected chi connectivity index (χ2v) is 5.56. The summed E-state index contributed by atoms with van der Waals surface area (Å²) in [6, 6.07) is 22.9. The van der Waals surface area contributed by atoms with Crippen molar-refractivity contribution in [3.8, 4) is 22.6 Å². The average Bonchev–Trinajstić information content (AvgIpc) is 3.06. The van der Waals surface area contributed by atoms with Crippen LogP contribution in [0.5, 0.6) is 0 Å². The van der Waals surface area contributed by atoms with E-state index in [2.05, 4.69) is 17.1 Å². The summed E-state index contributed by atoms with van der Waals surface area (Å²) in [5.41, 5.74) is 4.94. The molecule has 24 heavy (non-hydrogen) atoms. The van der Waals surface area contributed by atoms with E-state index in [0.717, 1.165) is 27.8 Å². The molecule has 0 aliphatic rings. The van der Waals surface area contributed by atoms with E-state index in [4.69, 9.17) is 14.5 Å². The SMILES string of the molecule is OB(O)c1ccc(-c2nc3cc(-c4ccccc4)ccc3o2)cc1. The van der Waals surface area contributed by atoms with Gasteiger partial charge in [0.1, 0.15) is 5.52 Å². The van der Waals surface area contributed by atoms with Crippen LogP contribution in [0, 0.1) is 0 Å². The molecule has 0 amide bonds. The first-order chi connectivity index (χ1) is 11.7. The fraction of sp³-hybridized carbons (Fsp3) is 0. The van der Waals surface area contributed by atoms with E-state index in [-0.39, 0.29) is 0 Å². The first kappa shape index (κ1) is 14.7. The van der Waals surface area contributed by atoms with Crippen LogP contribution >= 0.6 is 0 Å². The lowest BCUT2D eigenvalue weighted by molar-refractivity contribution is 0.426. The molecule has 4 nitrogen and oxygen atoms in total. The van der Waals surface area contributed by atoms with Gasteiger partial charge in [0.2, 0.25) is 5.89 Å². The van der Waals surface area contributed by atoms with E-state index in [1.807, 2.05) is 36.4 Å². The molecule has 3 aromatic carbocycles. The van der Waals surface area contributed by atoms with Crippen LogP contribution in [-0.4, -0.2) is 22.2 Å². The summed E-state index contributed by atoms with van der Waals surface area (Å²) < 4.78 is 5.81. The molecule has 0 radical (unpaired) electrons. The molecule has 0 unspecified atom stereocenters. The Morgan fingerprint density at radius 2 is 1.46 bits per heavy atom. The van der Waals surface area contributed by atoms with Gasteiger partial charge in [0, 0.05) is 5.56 Å². The van der Waals surface area contributed by atoms with Crippen molar-refractivity contribution in [2.45, 2.75) is 0 Å². The Morgan fingerprint density at radius 1 is 0.750 bits per heavy atom. The summed E-state index contributed by atoms with van der Waals surface area (Å²) in [4.78, 5) is 4.55. The molecule has 0 atom stereocenters.